The molecule has 20 heavy (non-hydrogen) atoms. The first-order valence-electron chi connectivity index (χ1n) is 7.19. The van der Waals surface area contributed by atoms with Gasteiger partial charge in [-0.05, 0) is 26.3 Å². The molecule has 0 unspecified atom stereocenters. The van der Waals surface area contributed by atoms with E-state index in [9.17, 15) is 9.59 Å². The highest BCUT2D eigenvalue weighted by Crippen LogP contribution is 1.96. The molecule has 0 aliphatic carbocycles. The molecule has 0 aromatic carbocycles. The first-order valence-corrected chi connectivity index (χ1v) is 7.19. The van der Waals surface area contributed by atoms with Crippen molar-refractivity contribution in [3.05, 3.63) is 11.8 Å². The summed E-state index contributed by atoms with van der Waals surface area (Å²) >= 11 is 0. The van der Waals surface area contributed by atoms with E-state index in [1.165, 1.54) is 0 Å². The fourth-order valence-corrected chi connectivity index (χ4v) is 1.47. The Morgan fingerprint density at radius 1 is 1.20 bits per heavy atom. The molecule has 0 aromatic rings. The van der Waals surface area contributed by atoms with Gasteiger partial charge in [0.05, 0.1) is 13.2 Å². The number of unbranched alkanes of at least 4 members (excludes halogenated alkanes) is 1. The Labute approximate surface area is 121 Å². The van der Waals surface area contributed by atoms with Crippen LogP contribution in [0.5, 0.6) is 0 Å². The molecular weight excluding hydrogens is 258 g/mol. The maximum Gasteiger partial charge on any atom is 0.325 e. The molecule has 0 saturated carbocycles. The zero-order valence-corrected chi connectivity index (χ0v) is 12.5. The number of nitrogens with one attached hydrogen (secondary N) is 2. The summed E-state index contributed by atoms with van der Waals surface area (Å²) in [5.74, 6) is -0.333. The second kappa shape index (κ2) is 12.5. The number of hydrogen-bond donors (Lipinski definition) is 3. The van der Waals surface area contributed by atoms with Gasteiger partial charge in [-0.25, -0.2) is 0 Å². The molecule has 0 saturated heterocycles. The lowest BCUT2D eigenvalue weighted by Crippen LogP contribution is -2.33. The zero-order valence-electron chi connectivity index (χ0n) is 12.5. The van der Waals surface area contributed by atoms with Crippen LogP contribution in [0.4, 0.5) is 0 Å². The molecule has 0 radical (unpaired) electrons. The molecule has 0 aromatic heterocycles. The van der Waals surface area contributed by atoms with Crippen LogP contribution in [0, 0.1) is 0 Å². The van der Waals surface area contributed by atoms with Crippen LogP contribution >= 0.6 is 0 Å². The molecule has 1 amide bonds. The summed E-state index contributed by atoms with van der Waals surface area (Å²) in [5, 5.41) is 5.80. The predicted molar refractivity (Wildman–Crippen MR) is 78.9 cm³/mol. The molecule has 0 heterocycles. The van der Waals surface area contributed by atoms with Gasteiger partial charge in [0.15, 0.2) is 0 Å². The predicted octanol–water partition coefficient (Wildman–Crippen LogP) is 0.678. The van der Waals surface area contributed by atoms with E-state index < -0.39 is 0 Å². The lowest BCUT2D eigenvalue weighted by Gasteiger charge is -2.12. The number of rotatable bonds is 11. The Bertz CT molecular complexity index is 317. The van der Waals surface area contributed by atoms with Gasteiger partial charge in [-0.1, -0.05) is 19.4 Å². The number of carbonyl (C=O) groups excluding carboxylic acids is 2. The van der Waals surface area contributed by atoms with E-state index in [0.29, 0.717) is 32.5 Å². The largest absolute Gasteiger partial charge is 0.465 e. The van der Waals surface area contributed by atoms with Gasteiger partial charge >= 0.3 is 5.97 Å². The first kappa shape index (κ1) is 18.4. The normalized spacial score (nSPS) is 11.1. The number of carbonyl (C=O) groups is 2. The molecule has 0 bridgehead atoms. The summed E-state index contributed by atoms with van der Waals surface area (Å²) in [6.45, 7) is 5.21. The monoisotopic (exact) mass is 285 g/mol. The number of nitrogens with two attached hydrogens (primary N) is 1. The molecule has 0 rings (SSSR count). The number of esters is 1. The van der Waals surface area contributed by atoms with Gasteiger partial charge in [-0.3, -0.25) is 9.59 Å². The highest BCUT2D eigenvalue weighted by atomic mass is 16.5. The Kier molecular flexibility index (Phi) is 11.5. The zero-order chi connectivity index (χ0) is 15.2. The van der Waals surface area contributed by atoms with Crippen LogP contribution in [-0.2, 0) is 14.3 Å². The van der Waals surface area contributed by atoms with Gasteiger partial charge in [0.25, 0.3) is 0 Å². The van der Waals surface area contributed by atoms with Crippen molar-refractivity contribution in [3.8, 4) is 0 Å². The van der Waals surface area contributed by atoms with E-state index in [-0.39, 0.29) is 18.4 Å². The van der Waals surface area contributed by atoms with Crippen molar-refractivity contribution in [2.75, 3.05) is 26.2 Å². The molecular formula is C14H27N3O3. The van der Waals surface area contributed by atoms with Crippen molar-refractivity contribution in [1.82, 2.24) is 10.6 Å². The maximum atomic E-state index is 11.5. The van der Waals surface area contributed by atoms with E-state index in [2.05, 4.69) is 17.6 Å². The second-order valence-electron chi connectivity index (χ2n) is 4.35. The van der Waals surface area contributed by atoms with Crippen molar-refractivity contribution >= 4 is 11.9 Å². The minimum absolute atomic E-state index is 0.0317. The van der Waals surface area contributed by atoms with E-state index >= 15 is 0 Å². The Hall–Kier alpha value is -1.56. The van der Waals surface area contributed by atoms with Crippen LogP contribution in [0.3, 0.4) is 0 Å². The average molecular weight is 285 g/mol. The SMILES string of the molecule is CCC/C=C(\CNC(=O)CCCN)NCC(=O)OCC. The third-order valence-corrected chi connectivity index (χ3v) is 2.53. The number of amides is 1. The molecule has 0 atom stereocenters. The van der Waals surface area contributed by atoms with Gasteiger partial charge in [0.2, 0.25) is 5.91 Å². The van der Waals surface area contributed by atoms with E-state index in [1.54, 1.807) is 6.92 Å². The third kappa shape index (κ3) is 10.4. The van der Waals surface area contributed by atoms with Gasteiger partial charge < -0.3 is 21.1 Å². The maximum absolute atomic E-state index is 11.5. The lowest BCUT2D eigenvalue weighted by molar-refractivity contribution is -0.141. The lowest BCUT2D eigenvalue weighted by atomic mass is 10.2. The second-order valence-corrected chi connectivity index (χ2v) is 4.35. The molecule has 0 spiro atoms. The summed E-state index contributed by atoms with van der Waals surface area (Å²) in [6, 6.07) is 0. The van der Waals surface area contributed by atoms with Crippen molar-refractivity contribution < 1.29 is 14.3 Å². The summed E-state index contributed by atoms with van der Waals surface area (Å²) in [7, 11) is 0. The highest BCUT2D eigenvalue weighted by molar-refractivity contribution is 5.76. The summed E-state index contributed by atoms with van der Waals surface area (Å²) in [6.07, 6.45) is 4.99. The first-order chi connectivity index (χ1) is 9.63. The topological polar surface area (TPSA) is 93.5 Å². The molecule has 6 heteroatoms. The minimum Gasteiger partial charge on any atom is -0.465 e. The van der Waals surface area contributed by atoms with Crippen molar-refractivity contribution in [3.63, 3.8) is 0 Å². The van der Waals surface area contributed by atoms with E-state index in [1.807, 2.05) is 6.08 Å². The summed E-state index contributed by atoms with van der Waals surface area (Å²) in [4.78, 5) is 22.8. The fourth-order valence-electron chi connectivity index (χ4n) is 1.47. The number of allylic oxidation sites excluding steroid dienone is 1. The number of ether oxygens (including phenoxy) is 1. The van der Waals surface area contributed by atoms with Gasteiger partial charge in [-0.15, -0.1) is 0 Å². The molecule has 0 fully saturated rings. The average Bonchev–Trinajstić information content (AvgIpc) is 2.44. The summed E-state index contributed by atoms with van der Waals surface area (Å²) < 4.78 is 4.85. The van der Waals surface area contributed by atoms with Crippen molar-refractivity contribution in [2.24, 2.45) is 5.73 Å². The molecule has 4 N–H and O–H groups in total. The molecule has 6 nitrogen and oxygen atoms in total. The number of hydrogen-bond acceptors (Lipinski definition) is 5. The van der Waals surface area contributed by atoms with Crippen LogP contribution in [0.15, 0.2) is 11.8 Å². The Morgan fingerprint density at radius 2 is 1.95 bits per heavy atom. The van der Waals surface area contributed by atoms with E-state index in [4.69, 9.17) is 10.5 Å². The van der Waals surface area contributed by atoms with Crippen molar-refractivity contribution in [2.45, 2.75) is 39.5 Å². The molecule has 116 valence electrons. The Balaban J connectivity index is 4.15. The highest BCUT2D eigenvalue weighted by Gasteiger charge is 2.05. The minimum atomic E-state index is -0.302. The van der Waals surface area contributed by atoms with Gasteiger partial charge in [-0.2, -0.15) is 0 Å². The van der Waals surface area contributed by atoms with Crippen LogP contribution < -0.4 is 16.4 Å². The Morgan fingerprint density at radius 3 is 2.55 bits per heavy atom. The fraction of sp³-hybridized carbons (Fsp3) is 0.714. The molecule has 0 aliphatic rings. The van der Waals surface area contributed by atoms with Gasteiger partial charge in [0.1, 0.15) is 6.54 Å². The van der Waals surface area contributed by atoms with Gasteiger partial charge in [0, 0.05) is 12.1 Å². The summed E-state index contributed by atoms with van der Waals surface area (Å²) in [5.41, 5.74) is 6.19. The van der Waals surface area contributed by atoms with Crippen LogP contribution in [0.2, 0.25) is 0 Å². The smallest absolute Gasteiger partial charge is 0.325 e. The van der Waals surface area contributed by atoms with E-state index in [0.717, 1.165) is 18.5 Å². The standard InChI is InChI=1S/C14H27N3O3/c1-3-5-7-12(16-11-14(19)20-4-2)10-17-13(18)8-6-9-15/h7,16H,3-6,8-11,15H2,1-2H3,(H,17,18)/b12-7+. The van der Waals surface area contributed by atoms with Crippen LogP contribution in [0.1, 0.15) is 39.5 Å². The quantitative estimate of drug-likeness (QED) is 0.485. The molecule has 0 aliphatic heterocycles. The van der Waals surface area contributed by atoms with Crippen molar-refractivity contribution in [1.29, 1.82) is 0 Å². The van der Waals surface area contributed by atoms with Crippen LogP contribution in [0.25, 0.3) is 0 Å². The van der Waals surface area contributed by atoms with Crippen LogP contribution in [-0.4, -0.2) is 38.1 Å². The third-order valence-electron chi connectivity index (χ3n) is 2.53.